The largest absolute Gasteiger partial charge is 0.480 e. The van der Waals surface area contributed by atoms with E-state index >= 15 is 0 Å². The van der Waals surface area contributed by atoms with Gasteiger partial charge in [0, 0.05) is 82.4 Å². The normalized spacial score (nSPS) is 16.0. The standard InChI is InChI=1S/C62H72N6O17S/c1-35-18-12-21-43(36(35)2)54(75)63-31-15-28-62(29-16-32-64-55(76)44-22-13-24-47(82-37(3)69)51(44)84-39(5)71,30-17-33-65-56(77)45-23-14-25-48(83-38(4)70)52(45)85-40(6)72)67-49(74)27-26-42(73)34-46(41-19-10-9-11-20-41)57(78)66-50-58(79)68-53(60(80)81)61(7,8)86-59(50)68/h9-14,18-25,46,50,53,59H,15-17,26-34H2,1-8H3,(H,63,75)(H,64,76)(H,65,77)(H,66,78)(H,67,74)(H,80,81). The minimum Gasteiger partial charge on any atom is -0.480 e. The van der Waals surface area contributed by atoms with Gasteiger partial charge in [-0.3, -0.25) is 52.7 Å². The van der Waals surface area contributed by atoms with E-state index in [4.69, 9.17) is 18.9 Å². The molecule has 2 aliphatic rings. The van der Waals surface area contributed by atoms with Crippen LogP contribution in [0, 0.1) is 13.8 Å². The Hall–Kier alpha value is -8.93. The topological polar surface area (TPSA) is 325 Å². The van der Waals surface area contributed by atoms with Gasteiger partial charge in [-0.1, -0.05) is 54.6 Å². The number of hydrogen-bond donors (Lipinski definition) is 6. The summed E-state index contributed by atoms with van der Waals surface area (Å²) in [5, 5.41) is 23.8. The van der Waals surface area contributed by atoms with Crippen molar-refractivity contribution in [1.29, 1.82) is 0 Å². The number of amides is 6. The fraction of sp³-hybridized carbons (Fsp3) is 0.419. The second kappa shape index (κ2) is 29.7. The number of hydrogen-bond acceptors (Lipinski definition) is 17. The number of thioether (sulfide) groups is 1. The van der Waals surface area contributed by atoms with Crippen LogP contribution in [0.4, 0.5) is 0 Å². The van der Waals surface area contributed by atoms with Crippen molar-refractivity contribution < 1.29 is 81.6 Å². The molecule has 458 valence electrons. The number of carbonyl (C=O) groups excluding carboxylic acids is 11. The number of carbonyl (C=O) groups is 12. The quantitative estimate of drug-likeness (QED) is 0.0158. The highest BCUT2D eigenvalue weighted by molar-refractivity contribution is 8.01. The minimum absolute atomic E-state index is 0.0191. The molecule has 0 aromatic heterocycles. The predicted molar refractivity (Wildman–Crippen MR) is 313 cm³/mol. The van der Waals surface area contributed by atoms with E-state index in [0.29, 0.717) is 17.5 Å². The fourth-order valence-corrected chi connectivity index (χ4v) is 12.1. The Kier molecular flexibility index (Phi) is 22.9. The van der Waals surface area contributed by atoms with Crippen molar-refractivity contribution >= 4 is 82.8 Å². The molecule has 0 spiro atoms. The first kappa shape index (κ1) is 66.2. The second-order valence-corrected chi connectivity index (χ2v) is 23.4. The maximum Gasteiger partial charge on any atom is 0.327 e. The molecule has 6 amide bonds. The van der Waals surface area contributed by atoms with Gasteiger partial charge >= 0.3 is 29.8 Å². The zero-order chi connectivity index (χ0) is 63.0. The molecule has 6 N–H and O–H groups in total. The van der Waals surface area contributed by atoms with E-state index in [2.05, 4.69) is 26.6 Å². The highest BCUT2D eigenvalue weighted by Crippen LogP contribution is 2.51. The molecule has 2 heterocycles. The number of nitrogens with zero attached hydrogens (tertiary/aromatic N) is 1. The van der Waals surface area contributed by atoms with Crippen LogP contribution in [0.15, 0.2) is 84.9 Å². The molecule has 4 aromatic rings. The summed E-state index contributed by atoms with van der Waals surface area (Å²) in [5.41, 5.74) is 1.26. The molecule has 2 saturated heterocycles. The van der Waals surface area contributed by atoms with Crippen LogP contribution in [0.5, 0.6) is 23.0 Å². The number of nitrogens with one attached hydrogen (secondary N) is 5. The molecule has 0 saturated carbocycles. The number of ether oxygens (including phenoxy) is 4. The van der Waals surface area contributed by atoms with Crippen LogP contribution < -0.4 is 45.5 Å². The lowest BCUT2D eigenvalue weighted by molar-refractivity contribution is -0.161. The Labute approximate surface area is 501 Å². The summed E-state index contributed by atoms with van der Waals surface area (Å²) >= 11 is 1.26. The number of β-lactam (4-membered cyclic amide) rings is 1. The fourth-order valence-electron chi connectivity index (χ4n) is 10.5. The molecular weight excluding hydrogens is 1130 g/mol. The highest BCUT2D eigenvalue weighted by Gasteiger charge is 2.64. The third kappa shape index (κ3) is 17.4. The van der Waals surface area contributed by atoms with E-state index in [-0.39, 0.29) is 111 Å². The number of ketones is 1. The molecule has 2 fully saturated rings. The van der Waals surface area contributed by atoms with Gasteiger partial charge in [0.1, 0.15) is 23.2 Å². The van der Waals surface area contributed by atoms with Crippen molar-refractivity contribution in [2.24, 2.45) is 0 Å². The number of aliphatic carboxylic acids is 1. The maximum absolute atomic E-state index is 14.4. The smallest absolute Gasteiger partial charge is 0.327 e. The lowest BCUT2D eigenvalue weighted by atomic mass is 9.83. The van der Waals surface area contributed by atoms with Crippen LogP contribution in [-0.4, -0.2) is 128 Å². The number of para-hydroxylation sites is 2. The van der Waals surface area contributed by atoms with Gasteiger partial charge in [0.2, 0.25) is 17.7 Å². The zero-order valence-corrected chi connectivity index (χ0v) is 50.0. The van der Waals surface area contributed by atoms with Crippen molar-refractivity contribution in [3.63, 3.8) is 0 Å². The average Bonchev–Trinajstić information content (AvgIpc) is 1.56. The number of benzene rings is 4. The molecule has 4 atom stereocenters. The van der Waals surface area contributed by atoms with Gasteiger partial charge in [-0.2, -0.15) is 0 Å². The molecule has 2 aliphatic heterocycles. The van der Waals surface area contributed by atoms with E-state index < -0.39 is 98.8 Å². The summed E-state index contributed by atoms with van der Waals surface area (Å²) in [6, 6.07) is 20.0. The number of aryl methyl sites for hydroxylation is 1. The molecule has 6 rings (SSSR count). The zero-order valence-electron chi connectivity index (χ0n) is 49.2. The minimum atomic E-state index is -1.17. The van der Waals surface area contributed by atoms with Crippen LogP contribution in [0.25, 0.3) is 0 Å². The Morgan fingerprint density at radius 2 is 1.08 bits per heavy atom. The SMILES string of the molecule is CC(=O)Oc1cccc(C(=O)NCCCC(CCCNC(=O)c2cccc(C)c2C)(CCCNC(=O)c2cccc(OC(C)=O)c2OC(C)=O)NC(=O)CCC(=O)CC(C(=O)NC2C(=O)N3C2SC(C)(C)C3C(=O)O)c2ccccc2)c1OC(C)=O. The third-order valence-electron chi connectivity index (χ3n) is 14.6. The van der Waals surface area contributed by atoms with Crippen LogP contribution in [0.1, 0.15) is 153 Å². The Balaban J connectivity index is 1.24. The Bertz CT molecular complexity index is 3180. The Morgan fingerprint density at radius 3 is 1.56 bits per heavy atom. The van der Waals surface area contributed by atoms with Crippen LogP contribution in [0.2, 0.25) is 0 Å². The van der Waals surface area contributed by atoms with Gasteiger partial charge in [0.25, 0.3) is 17.7 Å². The molecule has 4 unspecified atom stereocenters. The van der Waals surface area contributed by atoms with E-state index in [1.54, 1.807) is 56.3 Å². The van der Waals surface area contributed by atoms with Crippen LogP contribution in [0.3, 0.4) is 0 Å². The number of Topliss-reactive ketones (excluding diaryl/α,β-unsaturated/α-hetero) is 1. The summed E-state index contributed by atoms with van der Waals surface area (Å²) in [6.45, 7) is 11.8. The molecule has 4 aromatic carbocycles. The molecule has 24 heteroatoms. The third-order valence-corrected chi connectivity index (χ3v) is 16.2. The monoisotopic (exact) mass is 1200 g/mol. The van der Waals surface area contributed by atoms with Gasteiger partial charge in [0.15, 0.2) is 23.0 Å². The lowest BCUT2D eigenvalue weighted by Crippen LogP contribution is -2.70. The van der Waals surface area contributed by atoms with Crippen molar-refractivity contribution in [3.8, 4) is 23.0 Å². The molecular formula is C62H72N6O17S. The number of esters is 4. The molecule has 23 nitrogen and oxygen atoms in total. The molecule has 0 aliphatic carbocycles. The number of fused-ring (bicyclic) bond motifs is 1. The van der Waals surface area contributed by atoms with Crippen molar-refractivity contribution in [3.05, 3.63) is 118 Å². The first-order valence-electron chi connectivity index (χ1n) is 28.0. The van der Waals surface area contributed by atoms with Crippen LogP contribution in [-0.2, 0) is 43.2 Å². The van der Waals surface area contributed by atoms with E-state index in [9.17, 15) is 62.6 Å². The highest BCUT2D eigenvalue weighted by atomic mass is 32.2. The lowest BCUT2D eigenvalue weighted by Gasteiger charge is -2.44. The maximum atomic E-state index is 14.4. The van der Waals surface area contributed by atoms with Gasteiger partial charge < -0.3 is 55.5 Å². The Morgan fingerprint density at radius 1 is 0.616 bits per heavy atom. The molecule has 0 radical (unpaired) electrons. The summed E-state index contributed by atoms with van der Waals surface area (Å²) in [6.07, 6.45) is 0.173. The number of rotatable bonds is 29. The van der Waals surface area contributed by atoms with Gasteiger partial charge in [-0.15, -0.1) is 11.8 Å². The summed E-state index contributed by atoms with van der Waals surface area (Å²) in [4.78, 5) is 158. The summed E-state index contributed by atoms with van der Waals surface area (Å²) < 4.78 is 20.2. The van der Waals surface area contributed by atoms with Gasteiger partial charge in [-0.25, -0.2) is 4.79 Å². The van der Waals surface area contributed by atoms with E-state index in [1.807, 2.05) is 19.9 Å². The second-order valence-electron chi connectivity index (χ2n) is 21.6. The molecule has 0 bridgehead atoms. The average molecular weight is 1210 g/mol. The van der Waals surface area contributed by atoms with E-state index in [1.165, 1.54) is 53.1 Å². The van der Waals surface area contributed by atoms with Gasteiger partial charge in [-0.05, 0) is 113 Å². The summed E-state index contributed by atoms with van der Waals surface area (Å²) in [5.74, 6) is -10.1. The van der Waals surface area contributed by atoms with Crippen molar-refractivity contribution in [2.45, 2.75) is 147 Å². The van der Waals surface area contributed by atoms with Crippen molar-refractivity contribution in [2.75, 3.05) is 19.6 Å². The number of carboxylic acid groups (broad SMARTS) is 1. The van der Waals surface area contributed by atoms with E-state index in [0.717, 1.165) is 38.8 Å². The first-order chi connectivity index (χ1) is 40.7. The van der Waals surface area contributed by atoms with Gasteiger partial charge in [0.05, 0.1) is 17.0 Å². The van der Waals surface area contributed by atoms with Crippen molar-refractivity contribution in [1.82, 2.24) is 31.5 Å². The first-order valence-corrected chi connectivity index (χ1v) is 28.9. The molecule has 86 heavy (non-hydrogen) atoms. The van der Waals surface area contributed by atoms with Crippen LogP contribution >= 0.6 is 11.8 Å². The predicted octanol–water partition coefficient (Wildman–Crippen LogP) is 5.94. The number of carboxylic acids is 1. The summed E-state index contributed by atoms with van der Waals surface area (Å²) in [7, 11) is 0.